The summed E-state index contributed by atoms with van der Waals surface area (Å²) in [6.07, 6.45) is 7.87. The molecular weight excluding hydrogens is 248 g/mol. The minimum atomic E-state index is 0.620. The number of hydrogen-bond donors (Lipinski definition) is 1. The molecule has 0 bridgehead atoms. The van der Waals surface area contributed by atoms with Crippen molar-refractivity contribution in [2.45, 2.75) is 31.8 Å². The summed E-state index contributed by atoms with van der Waals surface area (Å²) in [5.74, 6) is 0.926. The summed E-state index contributed by atoms with van der Waals surface area (Å²) >= 11 is 0. The molecule has 106 valence electrons. The number of para-hydroxylation sites is 1. The largest absolute Gasteiger partial charge is 0.326 e. The van der Waals surface area contributed by atoms with Gasteiger partial charge in [-0.2, -0.15) is 0 Å². The van der Waals surface area contributed by atoms with Crippen LogP contribution in [0.3, 0.4) is 0 Å². The number of likely N-dealkylation sites (N-methyl/N-ethyl adjacent to an activating group) is 1. The number of nitrogens with one attached hydrogen (secondary N) is 1. The van der Waals surface area contributed by atoms with Gasteiger partial charge < -0.3 is 14.8 Å². The van der Waals surface area contributed by atoms with Crippen LogP contribution >= 0.6 is 0 Å². The van der Waals surface area contributed by atoms with Crippen LogP contribution in [0.1, 0.15) is 19.3 Å². The molecule has 4 nitrogen and oxygen atoms in total. The highest BCUT2D eigenvalue weighted by Gasteiger charge is 2.20. The number of likely N-dealkylation sites (tertiary alicyclic amines) is 1. The highest BCUT2D eigenvalue weighted by Crippen LogP contribution is 2.20. The van der Waals surface area contributed by atoms with Crippen molar-refractivity contribution >= 4 is 11.6 Å². The Hall–Kier alpha value is -1.81. The van der Waals surface area contributed by atoms with Gasteiger partial charge in [0.15, 0.2) is 0 Å². The van der Waals surface area contributed by atoms with Gasteiger partial charge >= 0.3 is 0 Å². The van der Waals surface area contributed by atoms with Crippen LogP contribution in [-0.4, -0.2) is 34.1 Å². The number of anilines is 2. The molecule has 2 aromatic rings. The number of rotatable bonds is 4. The van der Waals surface area contributed by atoms with Crippen LogP contribution in [0.4, 0.5) is 11.6 Å². The Bertz CT molecular complexity index is 534. The van der Waals surface area contributed by atoms with E-state index in [-0.39, 0.29) is 0 Å². The fourth-order valence-corrected chi connectivity index (χ4v) is 2.83. The molecule has 1 fully saturated rings. The minimum absolute atomic E-state index is 0.620. The number of aromatic nitrogens is 2. The van der Waals surface area contributed by atoms with Gasteiger partial charge in [0.25, 0.3) is 0 Å². The first kappa shape index (κ1) is 13.2. The molecule has 1 saturated heterocycles. The third-order valence-electron chi connectivity index (χ3n) is 4.07. The fourth-order valence-electron chi connectivity index (χ4n) is 2.83. The van der Waals surface area contributed by atoms with Crippen molar-refractivity contribution < 1.29 is 0 Å². The zero-order valence-electron chi connectivity index (χ0n) is 12.0. The number of piperidine rings is 1. The number of benzene rings is 1. The Morgan fingerprint density at radius 2 is 2.10 bits per heavy atom. The first-order valence-corrected chi connectivity index (χ1v) is 7.36. The summed E-state index contributed by atoms with van der Waals surface area (Å²) in [6, 6.07) is 10.8. The maximum atomic E-state index is 4.44. The van der Waals surface area contributed by atoms with Gasteiger partial charge in [-0.3, -0.25) is 0 Å². The molecule has 1 N–H and O–H groups in total. The van der Waals surface area contributed by atoms with E-state index in [0.29, 0.717) is 6.04 Å². The normalized spacial score (nSPS) is 19.9. The van der Waals surface area contributed by atoms with Crippen LogP contribution in [0.25, 0.3) is 0 Å². The smallest absolute Gasteiger partial charge is 0.207 e. The summed E-state index contributed by atoms with van der Waals surface area (Å²) < 4.78 is 2.22. The molecule has 1 aliphatic heterocycles. The average Bonchev–Trinajstić information content (AvgIpc) is 2.90. The lowest BCUT2D eigenvalue weighted by atomic mass is 10.0. The third kappa shape index (κ3) is 3.02. The molecule has 1 aromatic heterocycles. The van der Waals surface area contributed by atoms with Gasteiger partial charge in [0.2, 0.25) is 5.95 Å². The Morgan fingerprint density at radius 3 is 2.90 bits per heavy atom. The van der Waals surface area contributed by atoms with Crippen molar-refractivity contribution in [1.82, 2.24) is 14.5 Å². The maximum Gasteiger partial charge on any atom is 0.207 e. The molecule has 0 amide bonds. The Balaban J connectivity index is 1.70. The van der Waals surface area contributed by atoms with Crippen LogP contribution < -0.4 is 5.32 Å². The molecule has 4 heteroatoms. The Labute approximate surface area is 120 Å². The molecule has 0 radical (unpaired) electrons. The second kappa shape index (κ2) is 6.09. The molecule has 2 heterocycles. The van der Waals surface area contributed by atoms with E-state index in [1.165, 1.54) is 25.8 Å². The SMILES string of the molecule is CN1CCCCC1Cn1ccnc1Nc1ccccc1. The summed E-state index contributed by atoms with van der Waals surface area (Å²) in [5.41, 5.74) is 1.08. The number of imidazole rings is 1. The van der Waals surface area contributed by atoms with Crippen molar-refractivity contribution in [2.75, 3.05) is 18.9 Å². The first-order chi connectivity index (χ1) is 9.83. The molecule has 1 aromatic carbocycles. The summed E-state index contributed by atoms with van der Waals surface area (Å²) in [7, 11) is 2.23. The quantitative estimate of drug-likeness (QED) is 0.926. The zero-order chi connectivity index (χ0) is 13.8. The molecule has 3 rings (SSSR count). The van der Waals surface area contributed by atoms with Crippen LogP contribution in [0.5, 0.6) is 0 Å². The lowest BCUT2D eigenvalue weighted by Crippen LogP contribution is -2.39. The molecule has 0 spiro atoms. The second-order valence-corrected chi connectivity index (χ2v) is 5.52. The monoisotopic (exact) mass is 270 g/mol. The van der Waals surface area contributed by atoms with E-state index in [9.17, 15) is 0 Å². The van der Waals surface area contributed by atoms with Crippen molar-refractivity contribution in [1.29, 1.82) is 0 Å². The van der Waals surface area contributed by atoms with E-state index in [0.717, 1.165) is 18.2 Å². The average molecular weight is 270 g/mol. The van der Waals surface area contributed by atoms with Crippen LogP contribution in [0.2, 0.25) is 0 Å². The Kier molecular flexibility index (Phi) is 4.02. The molecule has 1 aliphatic rings. The van der Waals surface area contributed by atoms with E-state index in [4.69, 9.17) is 0 Å². The van der Waals surface area contributed by atoms with Gasteiger partial charge in [-0.1, -0.05) is 24.6 Å². The van der Waals surface area contributed by atoms with E-state index in [1.807, 2.05) is 24.4 Å². The van der Waals surface area contributed by atoms with E-state index >= 15 is 0 Å². The van der Waals surface area contributed by atoms with E-state index < -0.39 is 0 Å². The van der Waals surface area contributed by atoms with E-state index in [2.05, 4.69) is 45.1 Å². The molecule has 1 atom stereocenters. The van der Waals surface area contributed by atoms with Gasteiger partial charge in [0, 0.05) is 30.7 Å². The van der Waals surface area contributed by atoms with Crippen molar-refractivity contribution in [3.8, 4) is 0 Å². The van der Waals surface area contributed by atoms with Gasteiger partial charge in [-0.25, -0.2) is 4.98 Å². The molecule has 20 heavy (non-hydrogen) atoms. The van der Waals surface area contributed by atoms with Gasteiger partial charge in [-0.15, -0.1) is 0 Å². The fraction of sp³-hybridized carbons (Fsp3) is 0.438. The zero-order valence-corrected chi connectivity index (χ0v) is 12.0. The van der Waals surface area contributed by atoms with Gasteiger partial charge in [0.1, 0.15) is 0 Å². The van der Waals surface area contributed by atoms with E-state index in [1.54, 1.807) is 0 Å². The van der Waals surface area contributed by atoms with Crippen molar-refractivity contribution in [2.24, 2.45) is 0 Å². The predicted molar refractivity (Wildman–Crippen MR) is 82.2 cm³/mol. The topological polar surface area (TPSA) is 33.1 Å². The summed E-state index contributed by atoms with van der Waals surface area (Å²) in [4.78, 5) is 6.90. The number of nitrogens with zero attached hydrogens (tertiary/aromatic N) is 3. The minimum Gasteiger partial charge on any atom is -0.326 e. The van der Waals surface area contributed by atoms with Crippen molar-refractivity contribution in [3.05, 3.63) is 42.7 Å². The standard InChI is InChI=1S/C16H22N4/c1-19-11-6-5-9-15(19)13-20-12-10-17-16(20)18-14-7-3-2-4-8-14/h2-4,7-8,10,12,15H,5-6,9,11,13H2,1H3,(H,17,18). The lowest BCUT2D eigenvalue weighted by Gasteiger charge is -2.32. The van der Waals surface area contributed by atoms with Crippen LogP contribution in [0, 0.1) is 0 Å². The predicted octanol–water partition coefficient (Wildman–Crippen LogP) is 3.11. The Morgan fingerprint density at radius 1 is 1.25 bits per heavy atom. The highest BCUT2D eigenvalue weighted by molar-refractivity contribution is 5.53. The highest BCUT2D eigenvalue weighted by atomic mass is 15.2. The second-order valence-electron chi connectivity index (χ2n) is 5.52. The number of hydrogen-bond acceptors (Lipinski definition) is 3. The molecule has 0 saturated carbocycles. The van der Waals surface area contributed by atoms with Crippen molar-refractivity contribution in [3.63, 3.8) is 0 Å². The van der Waals surface area contributed by atoms with Gasteiger partial charge in [0.05, 0.1) is 0 Å². The maximum absolute atomic E-state index is 4.44. The third-order valence-corrected chi connectivity index (χ3v) is 4.07. The molecular formula is C16H22N4. The van der Waals surface area contributed by atoms with Crippen LogP contribution in [-0.2, 0) is 6.54 Å². The summed E-state index contributed by atoms with van der Waals surface area (Å²) in [5, 5.41) is 3.39. The van der Waals surface area contributed by atoms with Crippen LogP contribution in [0.15, 0.2) is 42.7 Å². The first-order valence-electron chi connectivity index (χ1n) is 7.36. The molecule has 0 aliphatic carbocycles. The molecule has 1 unspecified atom stereocenters. The summed E-state index contributed by atoms with van der Waals surface area (Å²) in [6.45, 7) is 2.21. The van der Waals surface area contributed by atoms with Gasteiger partial charge in [-0.05, 0) is 38.6 Å². The lowest BCUT2D eigenvalue weighted by molar-refractivity contribution is 0.168.